The molecule has 0 bridgehead atoms. The van der Waals surface area contributed by atoms with Crippen LogP contribution < -0.4 is 5.48 Å². The summed E-state index contributed by atoms with van der Waals surface area (Å²) in [6.45, 7) is 4.70. The number of hydroxylamine groups is 1. The zero-order chi connectivity index (χ0) is 27.8. The van der Waals surface area contributed by atoms with Gasteiger partial charge in [-0.25, -0.2) is 10.3 Å². The fraction of sp³-hybridized carbons (Fsp3) is 0.400. The van der Waals surface area contributed by atoms with Crippen LogP contribution in [0.1, 0.15) is 29.5 Å². The Bertz CT molecular complexity index is 1310. The molecule has 1 aromatic heterocycles. The van der Waals surface area contributed by atoms with E-state index in [4.69, 9.17) is 19.4 Å². The number of likely N-dealkylation sites (tertiary alicyclic amines) is 1. The van der Waals surface area contributed by atoms with Gasteiger partial charge in [0.15, 0.2) is 5.79 Å². The number of benzene rings is 2. The van der Waals surface area contributed by atoms with Crippen LogP contribution in [0.4, 0.5) is 4.79 Å². The largest absolute Gasteiger partial charge is 0.448 e. The molecular weight excluding hydrogens is 512 g/mol. The van der Waals surface area contributed by atoms with Crippen LogP contribution in [0.5, 0.6) is 0 Å². The second-order valence-corrected chi connectivity index (χ2v) is 10.1. The van der Waals surface area contributed by atoms with E-state index in [0.29, 0.717) is 58.8 Å². The van der Waals surface area contributed by atoms with Gasteiger partial charge >= 0.3 is 6.09 Å². The molecule has 5 rings (SSSR count). The fourth-order valence-electron chi connectivity index (χ4n) is 5.26. The Morgan fingerprint density at radius 3 is 2.58 bits per heavy atom. The van der Waals surface area contributed by atoms with E-state index in [1.807, 2.05) is 36.4 Å². The van der Waals surface area contributed by atoms with Gasteiger partial charge in [0, 0.05) is 68.7 Å². The third-order valence-electron chi connectivity index (χ3n) is 7.53. The predicted molar refractivity (Wildman–Crippen MR) is 149 cm³/mol. The number of amides is 2. The molecule has 3 aromatic rings. The SMILES string of the molecule is O=C(C=Cc1ccc(CN(CCOC(=O)N2CCC3(CC2)OCCO3)CCc2c[nH]c3ccccc23)cc1)NO. The average molecular weight is 549 g/mol. The van der Waals surface area contributed by atoms with Gasteiger partial charge in [-0.1, -0.05) is 42.5 Å². The summed E-state index contributed by atoms with van der Waals surface area (Å²) in [5.41, 5.74) is 5.91. The van der Waals surface area contributed by atoms with Crippen molar-refractivity contribution in [1.82, 2.24) is 20.3 Å². The summed E-state index contributed by atoms with van der Waals surface area (Å²) in [6, 6.07) is 16.1. The average Bonchev–Trinajstić information content (AvgIpc) is 3.62. The second-order valence-electron chi connectivity index (χ2n) is 10.1. The minimum atomic E-state index is -0.577. The van der Waals surface area contributed by atoms with Crippen LogP contribution in [-0.4, -0.2) is 83.8 Å². The first-order valence-corrected chi connectivity index (χ1v) is 13.7. The third kappa shape index (κ3) is 7.08. The third-order valence-corrected chi connectivity index (χ3v) is 7.53. The van der Waals surface area contributed by atoms with Gasteiger partial charge in [0.25, 0.3) is 5.91 Å². The summed E-state index contributed by atoms with van der Waals surface area (Å²) in [7, 11) is 0. The van der Waals surface area contributed by atoms with Crippen LogP contribution in [0.3, 0.4) is 0 Å². The summed E-state index contributed by atoms with van der Waals surface area (Å²) in [6.07, 6.45) is 6.84. The Hall–Kier alpha value is -3.70. The lowest BCUT2D eigenvalue weighted by molar-refractivity contribution is -0.182. The molecule has 1 spiro atoms. The van der Waals surface area contributed by atoms with Crippen molar-refractivity contribution < 1.29 is 29.0 Å². The number of hydrogen-bond donors (Lipinski definition) is 3. The first-order valence-electron chi connectivity index (χ1n) is 13.7. The molecule has 0 atom stereocenters. The molecule has 2 aromatic carbocycles. The highest BCUT2D eigenvalue weighted by Crippen LogP contribution is 2.31. The van der Waals surface area contributed by atoms with Crippen molar-refractivity contribution in [3.05, 3.63) is 77.5 Å². The number of carbonyl (C=O) groups excluding carboxylic acids is 2. The van der Waals surface area contributed by atoms with Crippen molar-refractivity contribution in [1.29, 1.82) is 0 Å². The molecule has 2 aliphatic rings. The van der Waals surface area contributed by atoms with Crippen molar-refractivity contribution in [2.45, 2.75) is 31.6 Å². The maximum absolute atomic E-state index is 12.7. The number of piperidine rings is 1. The van der Waals surface area contributed by atoms with Gasteiger partial charge in [-0.3, -0.25) is 14.9 Å². The lowest BCUT2D eigenvalue weighted by Gasteiger charge is -2.37. The van der Waals surface area contributed by atoms with Gasteiger partial charge in [0.2, 0.25) is 0 Å². The zero-order valence-electron chi connectivity index (χ0n) is 22.5. The molecule has 0 aliphatic carbocycles. The molecule has 0 unspecified atom stereocenters. The molecule has 2 amide bonds. The van der Waals surface area contributed by atoms with Gasteiger partial charge in [-0.2, -0.15) is 0 Å². The molecule has 40 heavy (non-hydrogen) atoms. The van der Waals surface area contributed by atoms with E-state index in [1.165, 1.54) is 17.0 Å². The number of hydrogen-bond acceptors (Lipinski definition) is 7. The highest BCUT2D eigenvalue weighted by atomic mass is 16.7. The van der Waals surface area contributed by atoms with Crippen molar-refractivity contribution >= 4 is 29.0 Å². The number of aromatic nitrogens is 1. The van der Waals surface area contributed by atoms with Gasteiger partial charge < -0.3 is 24.1 Å². The van der Waals surface area contributed by atoms with Gasteiger partial charge in [0.05, 0.1) is 13.2 Å². The van der Waals surface area contributed by atoms with E-state index in [0.717, 1.165) is 29.6 Å². The number of H-pyrrole nitrogens is 1. The van der Waals surface area contributed by atoms with E-state index in [2.05, 4.69) is 28.2 Å². The summed E-state index contributed by atoms with van der Waals surface area (Å²) in [5, 5.41) is 9.87. The van der Waals surface area contributed by atoms with Crippen molar-refractivity contribution in [3.8, 4) is 0 Å². The van der Waals surface area contributed by atoms with E-state index in [1.54, 1.807) is 16.5 Å². The molecule has 0 radical (unpaired) electrons. The number of fused-ring (bicyclic) bond motifs is 1. The highest BCUT2D eigenvalue weighted by Gasteiger charge is 2.41. The fourth-order valence-corrected chi connectivity index (χ4v) is 5.26. The standard InChI is InChI=1S/C30H36N4O6/c35-28(32-37)10-9-23-5-7-24(8-6-23)22-33(14-11-25-21-31-27-4-2-1-3-26(25)27)17-18-38-29(36)34-15-12-30(13-16-34)39-19-20-40-30/h1-10,21,31,37H,11-20,22H2,(H,32,35). The van der Waals surface area contributed by atoms with E-state index in [9.17, 15) is 9.59 Å². The molecule has 212 valence electrons. The van der Waals surface area contributed by atoms with E-state index >= 15 is 0 Å². The van der Waals surface area contributed by atoms with Crippen molar-refractivity contribution in [3.63, 3.8) is 0 Å². The Balaban J connectivity index is 1.17. The molecular formula is C30H36N4O6. The molecule has 2 fully saturated rings. The quantitative estimate of drug-likeness (QED) is 0.201. The highest BCUT2D eigenvalue weighted by molar-refractivity contribution is 5.90. The second kappa shape index (κ2) is 13.1. The molecule has 10 heteroatoms. The predicted octanol–water partition coefficient (Wildman–Crippen LogP) is 3.71. The maximum Gasteiger partial charge on any atom is 0.409 e. The van der Waals surface area contributed by atoms with Crippen LogP contribution in [0, 0.1) is 0 Å². The number of para-hydroxylation sites is 1. The van der Waals surface area contributed by atoms with Crippen LogP contribution in [-0.2, 0) is 32.0 Å². The first-order chi connectivity index (χ1) is 19.5. The minimum absolute atomic E-state index is 0.290. The Morgan fingerprint density at radius 2 is 1.82 bits per heavy atom. The normalized spacial score (nSPS) is 16.8. The topological polar surface area (TPSA) is 116 Å². The molecule has 2 saturated heterocycles. The lowest BCUT2D eigenvalue weighted by Crippen LogP contribution is -2.47. The smallest absolute Gasteiger partial charge is 0.409 e. The van der Waals surface area contributed by atoms with Gasteiger partial charge in [-0.15, -0.1) is 0 Å². The molecule has 10 nitrogen and oxygen atoms in total. The van der Waals surface area contributed by atoms with Crippen LogP contribution in [0.15, 0.2) is 60.8 Å². The Morgan fingerprint density at radius 1 is 1.07 bits per heavy atom. The van der Waals surface area contributed by atoms with Crippen LogP contribution >= 0.6 is 0 Å². The van der Waals surface area contributed by atoms with Crippen molar-refractivity contribution in [2.24, 2.45) is 0 Å². The number of nitrogens with zero attached hydrogens (tertiary/aromatic N) is 2. The maximum atomic E-state index is 12.7. The Labute approximate surface area is 233 Å². The lowest BCUT2D eigenvalue weighted by atomic mass is 10.0. The summed E-state index contributed by atoms with van der Waals surface area (Å²) < 4.78 is 17.2. The number of rotatable bonds is 10. The van der Waals surface area contributed by atoms with E-state index in [-0.39, 0.29) is 6.09 Å². The van der Waals surface area contributed by atoms with Gasteiger partial charge in [-0.05, 0) is 35.3 Å². The summed E-state index contributed by atoms with van der Waals surface area (Å²) in [5.74, 6) is -1.10. The van der Waals surface area contributed by atoms with E-state index < -0.39 is 11.7 Å². The summed E-state index contributed by atoms with van der Waals surface area (Å²) in [4.78, 5) is 31.4. The number of carbonyl (C=O) groups is 2. The van der Waals surface area contributed by atoms with Crippen LogP contribution in [0.2, 0.25) is 0 Å². The monoisotopic (exact) mass is 548 g/mol. The number of nitrogens with one attached hydrogen (secondary N) is 2. The first kappa shape index (κ1) is 27.9. The molecule has 3 heterocycles. The minimum Gasteiger partial charge on any atom is -0.448 e. The van der Waals surface area contributed by atoms with Gasteiger partial charge in [0.1, 0.15) is 6.61 Å². The van der Waals surface area contributed by atoms with Crippen molar-refractivity contribution in [2.75, 3.05) is 46.0 Å². The molecule has 0 saturated carbocycles. The number of aromatic amines is 1. The summed E-state index contributed by atoms with van der Waals surface area (Å²) >= 11 is 0. The zero-order valence-corrected chi connectivity index (χ0v) is 22.5. The molecule has 3 N–H and O–H groups in total. The van der Waals surface area contributed by atoms with Crippen LogP contribution in [0.25, 0.3) is 17.0 Å². The Kier molecular flexibility index (Phi) is 9.12. The molecule has 2 aliphatic heterocycles. The number of ether oxygens (including phenoxy) is 3.